The summed E-state index contributed by atoms with van der Waals surface area (Å²) in [4.78, 5) is 32.1. The van der Waals surface area contributed by atoms with Crippen molar-refractivity contribution in [2.24, 2.45) is 0 Å². The summed E-state index contributed by atoms with van der Waals surface area (Å²) in [5.41, 5.74) is 3.64. The van der Waals surface area contributed by atoms with E-state index < -0.39 is 0 Å². The first-order valence-electron chi connectivity index (χ1n) is 8.55. The average molecular weight is 360 g/mol. The van der Waals surface area contributed by atoms with Gasteiger partial charge in [0.2, 0.25) is 0 Å². The predicted molar refractivity (Wildman–Crippen MR) is 105 cm³/mol. The minimum absolute atomic E-state index is 0.0595. The molecule has 1 heterocycles. The van der Waals surface area contributed by atoms with Gasteiger partial charge in [-0.3, -0.25) is 9.59 Å². The van der Waals surface area contributed by atoms with Crippen LogP contribution in [0.1, 0.15) is 38.9 Å². The Morgan fingerprint density at radius 1 is 1.00 bits per heavy atom. The number of carbonyl (C=O) groups is 2. The van der Waals surface area contributed by atoms with E-state index in [1.807, 2.05) is 31.2 Å². The highest BCUT2D eigenvalue weighted by Crippen LogP contribution is 2.14. The van der Waals surface area contributed by atoms with Crippen molar-refractivity contribution in [3.63, 3.8) is 0 Å². The van der Waals surface area contributed by atoms with E-state index in [1.54, 1.807) is 30.3 Å². The summed E-state index contributed by atoms with van der Waals surface area (Å²) in [6.07, 6.45) is 1.35. The maximum absolute atomic E-state index is 12.4. The molecule has 0 saturated carbocycles. The number of carbonyl (C=O) groups excluding carboxylic acids is 2. The lowest BCUT2D eigenvalue weighted by Gasteiger charge is -2.08. The number of aromatic nitrogens is 2. The molecule has 2 aromatic carbocycles. The zero-order chi connectivity index (χ0) is 19.2. The zero-order valence-corrected chi connectivity index (χ0v) is 15.2. The molecule has 0 aliphatic rings. The number of nitrogens with one attached hydrogen (secondary N) is 2. The number of rotatable bonds is 6. The Morgan fingerprint density at radius 2 is 1.78 bits per heavy atom. The Balaban J connectivity index is 1.67. The number of amides is 1. The normalized spacial score (nSPS) is 10.3. The van der Waals surface area contributed by atoms with Crippen LogP contribution in [0, 0.1) is 6.92 Å². The van der Waals surface area contributed by atoms with Gasteiger partial charge in [-0.05, 0) is 31.5 Å². The van der Waals surface area contributed by atoms with Crippen molar-refractivity contribution in [1.82, 2.24) is 9.97 Å². The highest BCUT2D eigenvalue weighted by atomic mass is 16.2. The highest BCUT2D eigenvalue weighted by Gasteiger charge is 2.10. The van der Waals surface area contributed by atoms with E-state index in [2.05, 4.69) is 20.6 Å². The van der Waals surface area contributed by atoms with Crippen molar-refractivity contribution in [3.8, 4) is 0 Å². The molecule has 1 amide bonds. The third kappa shape index (κ3) is 4.98. The molecule has 1 aromatic heterocycles. The van der Waals surface area contributed by atoms with Crippen LogP contribution in [0.3, 0.4) is 0 Å². The first-order chi connectivity index (χ1) is 13.0. The fraction of sp³-hybridized carbons (Fsp3) is 0.143. The molecule has 0 saturated heterocycles. The molecule has 0 aliphatic carbocycles. The number of anilines is 2. The second-order valence-corrected chi connectivity index (χ2v) is 6.22. The number of benzene rings is 2. The Kier molecular flexibility index (Phi) is 5.56. The van der Waals surface area contributed by atoms with Crippen molar-refractivity contribution in [1.29, 1.82) is 0 Å². The number of hydrogen-bond donors (Lipinski definition) is 2. The first-order valence-corrected chi connectivity index (χ1v) is 8.55. The van der Waals surface area contributed by atoms with Crippen molar-refractivity contribution < 1.29 is 9.59 Å². The van der Waals surface area contributed by atoms with Crippen molar-refractivity contribution in [3.05, 3.63) is 83.3 Å². The molecule has 0 atom stereocenters. The summed E-state index contributed by atoms with van der Waals surface area (Å²) < 4.78 is 0. The molecular weight excluding hydrogens is 340 g/mol. The summed E-state index contributed by atoms with van der Waals surface area (Å²) in [6, 6.07) is 16.6. The Bertz CT molecular complexity index is 968. The van der Waals surface area contributed by atoms with Gasteiger partial charge in [0.25, 0.3) is 5.91 Å². The van der Waals surface area contributed by atoms with Crippen LogP contribution in [0.4, 0.5) is 11.5 Å². The van der Waals surface area contributed by atoms with Crippen LogP contribution in [0.15, 0.2) is 60.9 Å². The van der Waals surface area contributed by atoms with Crippen LogP contribution < -0.4 is 10.6 Å². The average Bonchev–Trinajstić information content (AvgIpc) is 2.68. The quantitative estimate of drug-likeness (QED) is 0.652. The molecule has 0 bridgehead atoms. The Hall–Kier alpha value is -3.54. The summed E-state index contributed by atoms with van der Waals surface area (Å²) in [5, 5.41) is 5.94. The van der Waals surface area contributed by atoms with E-state index >= 15 is 0 Å². The van der Waals surface area contributed by atoms with E-state index in [0.717, 1.165) is 5.56 Å². The number of aryl methyl sites for hydroxylation is 1. The third-order valence-corrected chi connectivity index (χ3v) is 4.02. The first kappa shape index (κ1) is 18.3. The maximum Gasteiger partial charge on any atom is 0.274 e. The topological polar surface area (TPSA) is 84.0 Å². The molecule has 0 aliphatic heterocycles. The minimum atomic E-state index is -0.364. The van der Waals surface area contributed by atoms with E-state index in [0.29, 0.717) is 23.6 Å². The van der Waals surface area contributed by atoms with Gasteiger partial charge in [-0.15, -0.1) is 0 Å². The van der Waals surface area contributed by atoms with Gasteiger partial charge in [0.1, 0.15) is 17.8 Å². The predicted octanol–water partition coefficient (Wildman–Crippen LogP) is 3.85. The van der Waals surface area contributed by atoms with Crippen LogP contribution in [-0.2, 0) is 6.54 Å². The van der Waals surface area contributed by atoms with E-state index in [9.17, 15) is 9.59 Å². The van der Waals surface area contributed by atoms with Crippen LogP contribution in [-0.4, -0.2) is 21.7 Å². The lowest BCUT2D eigenvalue weighted by Crippen LogP contribution is -2.15. The maximum atomic E-state index is 12.4. The standard InChI is InChI=1S/C21H20N4O2/c1-14-6-8-16(9-7-14)12-22-20-11-19(23-13-24-20)21(27)25-18-5-3-4-17(10-18)15(2)26/h3-11,13H,12H2,1-2H3,(H,25,27)(H,22,23,24). The number of ketones is 1. The van der Waals surface area contributed by atoms with Crippen molar-refractivity contribution in [2.45, 2.75) is 20.4 Å². The lowest BCUT2D eigenvalue weighted by molar-refractivity contribution is 0.100. The molecule has 3 rings (SSSR count). The Labute approximate surface area is 157 Å². The summed E-state index contributed by atoms with van der Waals surface area (Å²) in [5.74, 6) is 0.139. The number of hydrogen-bond acceptors (Lipinski definition) is 5. The van der Waals surface area contributed by atoms with Gasteiger partial charge in [0, 0.05) is 23.9 Å². The van der Waals surface area contributed by atoms with Gasteiger partial charge in [-0.25, -0.2) is 9.97 Å². The Morgan fingerprint density at radius 3 is 2.52 bits per heavy atom. The monoisotopic (exact) mass is 360 g/mol. The van der Waals surface area contributed by atoms with Gasteiger partial charge < -0.3 is 10.6 Å². The smallest absolute Gasteiger partial charge is 0.274 e. The van der Waals surface area contributed by atoms with Gasteiger partial charge in [0.15, 0.2) is 5.78 Å². The molecule has 136 valence electrons. The van der Waals surface area contributed by atoms with Gasteiger partial charge in [-0.1, -0.05) is 42.0 Å². The molecule has 0 unspecified atom stereocenters. The molecule has 27 heavy (non-hydrogen) atoms. The van der Waals surface area contributed by atoms with Crippen LogP contribution in [0.2, 0.25) is 0 Å². The largest absolute Gasteiger partial charge is 0.366 e. The van der Waals surface area contributed by atoms with E-state index in [-0.39, 0.29) is 17.4 Å². The molecule has 6 nitrogen and oxygen atoms in total. The number of Topliss-reactive ketones (excluding diaryl/α,β-unsaturated/α-hetero) is 1. The van der Waals surface area contributed by atoms with Crippen molar-refractivity contribution in [2.75, 3.05) is 10.6 Å². The van der Waals surface area contributed by atoms with Crippen molar-refractivity contribution >= 4 is 23.2 Å². The van der Waals surface area contributed by atoms with Crippen LogP contribution in [0.5, 0.6) is 0 Å². The second-order valence-electron chi connectivity index (χ2n) is 6.22. The fourth-order valence-electron chi connectivity index (χ4n) is 2.49. The fourth-order valence-corrected chi connectivity index (χ4v) is 2.49. The third-order valence-electron chi connectivity index (χ3n) is 4.02. The van der Waals surface area contributed by atoms with E-state index in [4.69, 9.17) is 0 Å². The van der Waals surface area contributed by atoms with Gasteiger partial charge in [-0.2, -0.15) is 0 Å². The van der Waals surface area contributed by atoms with Gasteiger partial charge >= 0.3 is 0 Å². The second kappa shape index (κ2) is 8.23. The molecule has 2 N–H and O–H groups in total. The molecule has 0 spiro atoms. The summed E-state index contributed by atoms with van der Waals surface area (Å²) in [7, 11) is 0. The number of nitrogens with zero attached hydrogens (tertiary/aromatic N) is 2. The zero-order valence-electron chi connectivity index (χ0n) is 15.2. The minimum Gasteiger partial charge on any atom is -0.366 e. The highest BCUT2D eigenvalue weighted by molar-refractivity contribution is 6.04. The van der Waals surface area contributed by atoms with Crippen LogP contribution >= 0.6 is 0 Å². The summed E-state index contributed by atoms with van der Waals surface area (Å²) in [6.45, 7) is 4.12. The molecule has 0 fully saturated rings. The molecule has 0 radical (unpaired) electrons. The SMILES string of the molecule is CC(=O)c1cccc(NC(=O)c2cc(NCc3ccc(C)cc3)ncn2)c1. The molecule has 6 heteroatoms. The van der Waals surface area contributed by atoms with Crippen LogP contribution in [0.25, 0.3) is 0 Å². The lowest BCUT2D eigenvalue weighted by atomic mass is 10.1. The molecule has 3 aromatic rings. The summed E-state index contributed by atoms with van der Waals surface area (Å²) >= 11 is 0. The molecular formula is C21H20N4O2. The van der Waals surface area contributed by atoms with E-state index in [1.165, 1.54) is 18.8 Å². The van der Waals surface area contributed by atoms with Gasteiger partial charge in [0.05, 0.1) is 0 Å².